The van der Waals surface area contributed by atoms with Crippen molar-refractivity contribution in [2.24, 2.45) is 0 Å². The van der Waals surface area contributed by atoms with Crippen LogP contribution in [-0.4, -0.2) is 43.4 Å². The van der Waals surface area contributed by atoms with E-state index >= 15 is 0 Å². The van der Waals surface area contributed by atoms with E-state index < -0.39 is 11.5 Å². The molecule has 2 N–H and O–H groups in total. The van der Waals surface area contributed by atoms with Crippen molar-refractivity contribution >= 4 is 17.7 Å². The van der Waals surface area contributed by atoms with Gasteiger partial charge in [0.15, 0.2) is 5.82 Å². The highest BCUT2D eigenvalue weighted by molar-refractivity contribution is 6.18. The van der Waals surface area contributed by atoms with Gasteiger partial charge in [0.2, 0.25) is 0 Å². The SMILES string of the molecule is Cc1nnnn1C(=Cc1ccc(F)cc1)C(=O)NCC1(O)CCC1. The van der Waals surface area contributed by atoms with E-state index in [0.29, 0.717) is 24.2 Å². The molecule has 1 aromatic carbocycles. The standard InChI is InChI=1S/C16H18FN5O2/c1-11-19-20-21-22(11)14(9-12-3-5-13(17)6-4-12)15(23)18-10-16(24)7-2-8-16/h3-6,9,24H,2,7-8,10H2,1H3,(H,18,23). The number of aryl methyl sites for hydroxylation is 1. The summed E-state index contributed by atoms with van der Waals surface area (Å²) in [5.74, 6) is -0.320. The third-order valence-electron chi connectivity index (χ3n) is 4.12. The number of hydrogen-bond donors (Lipinski definition) is 2. The second-order valence-electron chi connectivity index (χ2n) is 5.98. The lowest BCUT2D eigenvalue weighted by molar-refractivity contribution is -0.118. The maximum Gasteiger partial charge on any atom is 0.270 e. The van der Waals surface area contributed by atoms with Crippen LogP contribution in [0.25, 0.3) is 11.8 Å². The molecule has 2 aromatic rings. The lowest BCUT2D eigenvalue weighted by Gasteiger charge is -2.36. The molecule has 3 rings (SSSR count). The van der Waals surface area contributed by atoms with Gasteiger partial charge in [0, 0.05) is 6.54 Å². The molecule has 1 aliphatic carbocycles. The molecule has 126 valence electrons. The number of halogens is 1. The van der Waals surface area contributed by atoms with Gasteiger partial charge in [-0.15, -0.1) is 5.10 Å². The van der Waals surface area contributed by atoms with E-state index in [9.17, 15) is 14.3 Å². The van der Waals surface area contributed by atoms with Crippen molar-refractivity contribution in [3.8, 4) is 0 Å². The summed E-state index contributed by atoms with van der Waals surface area (Å²) in [4.78, 5) is 12.6. The van der Waals surface area contributed by atoms with E-state index in [2.05, 4.69) is 20.8 Å². The Morgan fingerprint density at radius 3 is 2.67 bits per heavy atom. The Kier molecular flexibility index (Phi) is 4.39. The molecule has 0 spiro atoms. The monoisotopic (exact) mass is 331 g/mol. The minimum atomic E-state index is -0.827. The number of amides is 1. The van der Waals surface area contributed by atoms with Crippen LogP contribution in [0.15, 0.2) is 24.3 Å². The van der Waals surface area contributed by atoms with Gasteiger partial charge >= 0.3 is 0 Å². The van der Waals surface area contributed by atoms with E-state index in [4.69, 9.17) is 0 Å². The van der Waals surface area contributed by atoms with Gasteiger partial charge < -0.3 is 10.4 Å². The number of tetrazole rings is 1. The fourth-order valence-electron chi connectivity index (χ4n) is 2.49. The summed E-state index contributed by atoms with van der Waals surface area (Å²) in [7, 11) is 0. The zero-order chi connectivity index (χ0) is 17.2. The first kappa shape index (κ1) is 16.3. The molecule has 0 unspecified atom stereocenters. The summed E-state index contributed by atoms with van der Waals surface area (Å²) in [6.45, 7) is 1.85. The van der Waals surface area contributed by atoms with E-state index in [1.165, 1.54) is 16.8 Å². The number of nitrogens with zero attached hydrogens (tertiary/aromatic N) is 4. The van der Waals surface area contributed by atoms with Crippen molar-refractivity contribution in [3.05, 3.63) is 41.5 Å². The van der Waals surface area contributed by atoms with Crippen LogP contribution in [0.1, 0.15) is 30.7 Å². The molecule has 0 aliphatic heterocycles. The highest BCUT2D eigenvalue weighted by atomic mass is 19.1. The molecule has 1 saturated carbocycles. The Hall–Kier alpha value is -2.61. The van der Waals surface area contributed by atoms with Gasteiger partial charge in [0.1, 0.15) is 11.5 Å². The second-order valence-corrected chi connectivity index (χ2v) is 5.98. The largest absolute Gasteiger partial charge is 0.388 e. The summed E-state index contributed by atoms with van der Waals surface area (Å²) in [6.07, 6.45) is 3.88. The van der Waals surface area contributed by atoms with Gasteiger partial charge in [-0.2, -0.15) is 4.68 Å². The molecule has 8 heteroatoms. The van der Waals surface area contributed by atoms with E-state index in [1.54, 1.807) is 25.1 Å². The lowest BCUT2D eigenvalue weighted by atomic mass is 9.80. The van der Waals surface area contributed by atoms with Crippen LogP contribution < -0.4 is 5.32 Å². The Bertz CT molecular complexity index is 765. The summed E-state index contributed by atoms with van der Waals surface area (Å²) in [6, 6.07) is 5.74. The zero-order valence-corrected chi connectivity index (χ0v) is 13.2. The fourth-order valence-corrected chi connectivity index (χ4v) is 2.49. The third kappa shape index (κ3) is 3.48. The van der Waals surface area contributed by atoms with Gasteiger partial charge in [-0.05, 0) is 60.4 Å². The van der Waals surface area contributed by atoms with Crippen molar-refractivity contribution in [3.63, 3.8) is 0 Å². The number of carbonyl (C=O) groups is 1. The predicted molar refractivity (Wildman–Crippen MR) is 84.9 cm³/mol. The average molecular weight is 331 g/mol. The van der Waals surface area contributed by atoms with Crippen LogP contribution in [0.3, 0.4) is 0 Å². The molecule has 1 amide bonds. The Morgan fingerprint density at radius 1 is 1.42 bits per heavy atom. The number of aromatic nitrogens is 4. The van der Waals surface area contributed by atoms with E-state index in [1.807, 2.05) is 0 Å². The van der Waals surface area contributed by atoms with Gasteiger partial charge in [0.25, 0.3) is 5.91 Å². The lowest BCUT2D eigenvalue weighted by Crippen LogP contribution is -2.48. The molecule has 0 saturated heterocycles. The molecule has 0 atom stereocenters. The minimum Gasteiger partial charge on any atom is -0.388 e. The fraction of sp³-hybridized carbons (Fsp3) is 0.375. The molecule has 1 heterocycles. The molecule has 1 aliphatic rings. The second kappa shape index (κ2) is 6.48. The molecule has 0 bridgehead atoms. The van der Waals surface area contributed by atoms with Gasteiger partial charge in [-0.1, -0.05) is 12.1 Å². The number of carbonyl (C=O) groups excluding carboxylic acids is 1. The molecule has 0 radical (unpaired) electrons. The number of rotatable bonds is 5. The van der Waals surface area contributed by atoms with Gasteiger partial charge in [0.05, 0.1) is 5.60 Å². The molecule has 7 nitrogen and oxygen atoms in total. The van der Waals surface area contributed by atoms with Crippen molar-refractivity contribution in [1.82, 2.24) is 25.5 Å². The van der Waals surface area contributed by atoms with Gasteiger partial charge in [-0.25, -0.2) is 4.39 Å². The zero-order valence-electron chi connectivity index (χ0n) is 13.2. The van der Waals surface area contributed by atoms with Crippen LogP contribution in [0.2, 0.25) is 0 Å². The summed E-state index contributed by atoms with van der Waals surface area (Å²) in [5.41, 5.74) is 0.0117. The first-order valence-electron chi connectivity index (χ1n) is 7.70. The van der Waals surface area contributed by atoms with E-state index in [0.717, 1.165) is 6.42 Å². The number of hydrogen-bond acceptors (Lipinski definition) is 5. The highest BCUT2D eigenvalue weighted by Crippen LogP contribution is 2.30. The third-order valence-corrected chi connectivity index (χ3v) is 4.12. The first-order chi connectivity index (χ1) is 11.5. The normalized spacial score (nSPS) is 16.5. The summed E-state index contributed by atoms with van der Waals surface area (Å²) >= 11 is 0. The minimum absolute atomic E-state index is 0.174. The summed E-state index contributed by atoms with van der Waals surface area (Å²) < 4.78 is 14.4. The first-order valence-corrected chi connectivity index (χ1v) is 7.70. The van der Waals surface area contributed by atoms with Gasteiger partial charge in [-0.3, -0.25) is 4.79 Å². The molecular weight excluding hydrogens is 313 g/mol. The van der Waals surface area contributed by atoms with Crippen LogP contribution in [0.4, 0.5) is 4.39 Å². The van der Waals surface area contributed by atoms with Crippen molar-refractivity contribution in [2.75, 3.05) is 6.54 Å². The Labute approximate surface area is 138 Å². The van der Waals surface area contributed by atoms with E-state index in [-0.39, 0.29) is 18.1 Å². The Morgan fingerprint density at radius 2 is 2.12 bits per heavy atom. The average Bonchev–Trinajstić information content (AvgIpc) is 2.96. The Balaban J connectivity index is 1.86. The molecule has 1 fully saturated rings. The van der Waals surface area contributed by atoms with Crippen molar-refractivity contribution in [1.29, 1.82) is 0 Å². The highest BCUT2D eigenvalue weighted by Gasteiger charge is 2.35. The predicted octanol–water partition coefficient (Wildman–Crippen LogP) is 1.15. The summed E-state index contributed by atoms with van der Waals surface area (Å²) in [5, 5.41) is 24.0. The topological polar surface area (TPSA) is 92.9 Å². The number of benzene rings is 1. The van der Waals surface area contributed by atoms with Crippen LogP contribution >= 0.6 is 0 Å². The smallest absolute Gasteiger partial charge is 0.270 e. The van der Waals surface area contributed by atoms with Crippen LogP contribution in [0, 0.1) is 12.7 Å². The van der Waals surface area contributed by atoms with Crippen molar-refractivity contribution in [2.45, 2.75) is 31.8 Å². The maximum absolute atomic E-state index is 13.1. The van der Waals surface area contributed by atoms with Crippen LogP contribution in [-0.2, 0) is 4.79 Å². The number of nitrogens with one attached hydrogen (secondary N) is 1. The van der Waals surface area contributed by atoms with Crippen LogP contribution in [0.5, 0.6) is 0 Å². The quantitative estimate of drug-likeness (QED) is 0.802. The molecule has 24 heavy (non-hydrogen) atoms. The maximum atomic E-state index is 13.1. The molecule has 1 aromatic heterocycles. The van der Waals surface area contributed by atoms with Crippen molar-refractivity contribution < 1.29 is 14.3 Å². The molecular formula is C16H18FN5O2. The number of aliphatic hydroxyl groups is 1.